The van der Waals surface area contributed by atoms with Gasteiger partial charge in [-0.15, -0.1) is 0 Å². The highest BCUT2D eigenvalue weighted by Gasteiger charge is 2.14. The molecule has 25 heavy (non-hydrogen) atoms. The second-order valence-electron chi connectivity index (χ2n) is 5.95. The molecule has 0 amide bonds. The van der Waals surface area contributed by atoms with Gasteiger partial charge in [0.25, 0.3) is 0 Å². The highest BCUT2D eigenvalue weighted by atomic mass is 16.3. The fourth-order valence-corrected chi connectivity index (χ4v) is 2.64. The van der Waals surface area contributed by atoms with Gasteiger partial charge in [-0.05, 0) is 23.3 Å². The standard InChI is InChI=1S/C22H22N2O/c25-22(17-19-12-6-2-7-13-19)21(16-18-10-4-1-5-11-18)24-23-20-14-8-3-9-15-20/h1-15,22-23,25H,16-17H2/b24-21-/t22-/m0/s1. The van der Waals surface area contributed by atoms with Crippen LogP contribution in [0.5, 0.6) is 0 Å². The number of rotatable bonds is 7. The summed E-state index contributed by atoms with van der Waals surface area (Å²) in [7, 11) is 0. The van der Waals surface area contributed by atoms with E-state index in [2.05, 4.69) is 10.5 Å². The van der Waals surface area contributed by atoms with Crippen molar-refractivity contribution in [2.75, 3.05) is 5.43 Å². The summed E-state index contributed by atoms with van der Waals surface area (Å²) in [5, 5.41) is 15.2. The van der Waals surface area contributed by atoms with Crippen LogP contribution in [0.1, 0.15) is 11.1 Å². The first-order valence-corrected chi connectivity index (χ1v) is 8.45. The second kappa shape index (κ2) is 8.81. The first-order chi connectivity index (χ1) is 12.3. The van der Waals surface area contributed by atoms with Crippen LogP contribution in [0.4, 0.5) is 5.69 Å². The molecular weight excluding hydrogens is 308 g/mol. The van der Waals surface area contributed by atoms with Crippen LogP contribution in [0, 0.1) is 0 Å². The molecule has 0 fully saturated rings. The van der Waals surface area contributed by atoms with E-state index in [1.54, 1.807) is 0 Å². The average Bonchev–Trinajstić information content (AvgIpc) is 2.67. The van der Waals surface area contributed by atoms with Crippen LogP contribution in [0.3, 0.4) is 0 Å². The van der Waals surface area contributed by atoms with Crippen LogP contribution in [-0.4, -0.2) is 16.9 Å². The van der Waals surface area contributed by atoms with Crippen molar-refractivity contribution < 1.29 is 5.11 Å². The molecule has 0 radical (unpaired) electrons. The number of aliphatic hydroxyl groups is 1. The third-order valence-electron chi connectivity index (χ3n) is 3.99. The topological polar surface area (TPSA) is 44.6 Å². The van der Waals surface area contributed by atoms with Gasteiger partial charge in [0.1, 0.15) is 0 Å². The molecule has 3 aromatic carbocycles. The van der Waals surface area contributed by atoms with E-state index in [-0.39, 0.29) is 0 Å². The Morgan fingerprint density at radius 1 is 0.760 bits per heavy atom. The minimum absolute atomic E-state index is 0.545. The number of para-hydroxylation sites is 1. The molecule has 0 saturated heterocycles. The summed E-state index contributed by atoms with van der Waals surface area (Å²) in [6.07, 6.45) is 0.510. The first kappa shape index (κ1) is 16.9. The van der Waals surface area contributed by atoms with E-state index in [1.807, 2.05) is 91.0 Å². The molecule has 2 N–H and O–H groups in total. The summed E-state index contributed by atoms with van der Waals surface area (Å²) >= 11 is 0. The average molecular weight is 330 g/mol. The number of nitrogens with one attached hydrogen (secondary N) is 1. The maximum absolute atomic E-state index is 10.7. The predicted molar refractivity (Wildman–Crippen MR) is 104 cm³/mol. The maximum atomic E-state index is 10.7. The third kappa shape index (κ3) is 5.30. The molecule has 3 aromatic rings. The Morgan fingerprint density at radius 2 is 1.28 bits per heavy atom. The van der Waals surface area contributed by atoms with Crippen LogP contribution >= 0.6 is 0 Å². The lowest BCUT2D eigenvalue weighted by Crippen LogP contribution is -2.26. The van der Waals surface area contributed by atoms with Crippen LogP contribution in [0.25, 0.3) is 0 Å². The summed E-state index contributed by atoms with van der Waals surface area (Å²) < 4.78 is 0. The van der Waals surface area contributed by atoms with E-state index >= 15 is 0 Å². The molecule has 3 heteroatoms. The smallest absolute Gasteiger partial charge is 0.0982 e. The number of hydrogen-bond donors (Lipinski definition) is 2. The van der Waals surface area contributed by atoms with E-state index in [0.29, 0.717) is 12.8 Å². The Bertz CT molecular complexity index is 786. The van der Waals surface area contributed by atoms with Gasteiger partial charge in [-0.3, -0.25) is 5.43 Å². The number of nitrogens with zero attached hydrogens (tertiary/aromatic N) is 1. The Labute approximate surface area is 148 Å². The summed E-state index contributed by atoms with van der Waals surface area (Å²) in [6, 6.07) is 29.9. The van der Waals surface area contributed by atoms with Crippen molar-refractivity contribution in [3.8, 4) is 0 Å². The highest BCUT2D eigenvalue weighted by molar-refractivity contribution is 5.91. The summed E-state index contributed by atoms with van der Waals surface area (Å²) in [6.45, 7) is 0. The first-order valence-electron chi connectivity index (χ1n) is 8.45. The SMILES string of the molecule is O[C@@H](Cc1ccccc1)/C(Cc1ccccc1)=N\Nc1ccccc1. The monoisotopic (exact) mass is 330 g/mol. The molecule has 0 bridgehead atoms. The summed E-state index contributed by atoms with van der Waals surface area (Å²) in [5.41, 5.74) is 6.90. The van der Waals surface area contributed by atoms with Gasteiger partial charge in [-0.1, -0.05) is 78.9 Å². The fraction of sp³-hybridized carbons (Fsp3) is 0.136. The fourth-order valence-electron chi connectivity index (χ4n) is 2.64. The van der Waals surface area contributed by atoms with Gasteiger partial charge >= 0.3 is 0 Å². The molecule has 0 heterocycles. The van der Waals surface area contributed by atoms with E-state index in [1.165, 1.54) is 0 Å². The van der Waals surface area contributed by atoms with Crippen molar-refractivity contribution in [1.82, 2.24) is 0 Å². The molecular formula is C22H22N2O. The molecule has 0 spiro atoms. The number of hydrogen-bond acceptors (Lipinski definition) is 3. The molecule has 0 aliphatic heterocycles. The normalized spacial score (nSPS) is 12.6. The van der Waals surface area contributed by atoms with Gasteiger partial charge in [0.15, 0.2) is 0 Å². The van der Waals surface area contributed by atoms with Gasteiger partial charge in [-0.25, -0.2) is 0 Å². The van der Waals surface area contributed by atoms with Gasteiger partial charge in [0.05, 0.1) is 17.5 Å². The van der Waals surface area contributed by atoms with Crippen LogP contribution in [0.15, 0.2) is 96.1 Å². The molecule has 3 rings (SSSR count). The van der Waals surface area contributed by atoms with E-state index in [0.717, 1.165) is 22.5 Å². The molecule has 1 atom stereocenters. The van der Waals surface area contributed by atoms with Gasteiger partial charge in [-0.2, -0.15) is 5.10 Å². The number of benzene rings is 3. The minimum Gasteiger partial charge on any atom is -0.387 e. The molecule has 126 valence electrons. The molecule has 3 nitrogen and oxygen atoms in total. The molecule has 0 saturated carbocycles. The Kier molecular flexibility index (Phi) is 5.96. The van der Waals surface area contributed by atoms with Crippen molar-refractivity contribution in [2.24, 2.45) is 5.10 Å². The molecule has 0 aromatic heterocycles. The summed E-state index contributed by atoms with van der Waals surface area (Å²) in [4.78, 5) is 0. The van der Waals surface area contributed by atoms with Crippen LogP contribution in [0.2, 0.25) is 0 Å². The zero-order valence-corrected chi connectivity index (χ0v) is 14.0. The van der Waals surface area contributed by atoms with Gasteiger partial charge in [0.2, 0.25) is 0 Å². The third-order valence-corrected chi connectivity index (χ3v) is 3.99. The lowest BCUT2D eigenvalue weighted by Gasteiger charge is -2.15. The Hall–Kier alpha value is -2.91. The maximum Gasteiger partial charge on any atom is 0.0982 e. The second-order valence-corrected chi connectivity index (χ2v) is 5.95. The lowest BCUT2D eigenvalue weighted by molar-refractivity contribution is 0.240. The van der Waals surface area contributed by atoms with E-state index < -0.39 is 6.10 Å². The molecule has 0 unspecified atom stereocenters. The molecule has 0 aliphatic rings. The quantitative estimate of drug-likeness (QED) is 0.501. The Balaban J connectivity index is 1.77. The van der Waals surface area contributed by atoms with Gasteiger partial charge in [0, 0.05) is 12.8 Å². The van der Waals surface area contributed by atoms with Crippen LogP contribution in [-0.2, 0) is 12.8 Å². The van der Waals surface area contributed by atoms with Crippen molar-refractivity contribution in [1.29, 1.82) is 0 Å². The Morgan fingerprint density at radius 3 is 1.88 bits per heavy atom. The predicted octanol–water partition coefficient (Wildman–Crippen LogP) is 4.30. The highest BCUT2D eigenvalue weighted by Crippen LogP contribution is 2.11. The van der Waals surface area contributed by atoms with Crippen LogP contribution < -0.4 is 5.43 Å². The van der Waals surface area contributed by atoms with Crippen molar-refractivity contribution in [2.45, 2.75) is 18.9 Å². The zero-order valence-electron chi connectivity index (χ0n) is 14.0. The molecule has 0 aliphatic carbocycles. The number of hydrazone groups is 1. The minimum atomic E-state index is -0.640. The van der Waals surface area contributed by atoms with E-state index in [4.69, 9.17) is 0 Å². The lowest BCUT2D eigenvalue weighted by atomic mass is 9.99. The summed E-state index contributed by atoms with van der Waals surface area (Å²) in [5.74, 6) is 0. The van der Waals surface area contributed by atoms with E-state index in [9.17, 15) is 5.11 Å². The van der Waals surface area contributed by atoms with Crippen molar-refractivity contribution >= 4 is 11.4 Å². The number of aliphatic hydroxyl groups excluding tert-OH is 1. The van der Waals surface area contributed by atoms with Gasteiger partial charge < -0.3 is 5.11 Å². The van der Waals surface area contributed by atoms with Crippen molar-refractivity contribution in [3.63, 3.8) is 0 Å². The van der Waals surface area contributed by atoms with Crippen molar-refractivity contribution in [3.05, 3.63) is 102 Å². The zero-order chi connectivity index (χ0) is 17.3. The number of anilines is 1. The largest absolute Gasteiger partial charge is 0.387 e.